The highest BCUT2D eigenvalue weighted by molar-refractivity contribution is 5.89. The van der Waals surface area contributed by atoms with Crippen LogP contribution in [0.3, 0.4) is 0 Å². The molecule has 5 nitrogen and oxygen atoms in total. The molecule has 0 unspecified atom stereocenters. The van der Waals surface area contributed by atoms with Gasteiger partial charge in [-0.05, 0) is 18.2 Å². The van der Waals surface area contributed by atoms with Gasteiger partial charge in [0, 0.05) is 18.8 Å². The molecule has 1 aliphatic rings. The molecule has 1 saturated heterocycles. The Morgan fingerprint density at radius 3 is 2.83 bits per heavy atom. The van der Waals surface area contributed by atoms with E-state index < -0.39 is 5.82 Å². The van der Waals surface area contributed by atoms with E-state index in [1.54, 1.807) is 11.0 Å². The van der Waals surface area contributed by atoms with E-state index in [0.29, 0.717) is 32.0 Å². The zero-order chi connectivity index (χ0) is 13.0. The first-order chi connectivity index (χ1) is 8.70. The maximum Gasteiger partial charge on any atom is 0.322 e. The summed E-state index contributed by atoms with van der Waals surface area (Å²) < 4.78 is 18.2. The molecule has 0 saturated carbocycles. The fourth-order valence-electron chi connectivity index (χ4n) is 1.66. The van der Waals surface area contributed by atoms with Crippen molar-refractivity contribution in [2.45, 2.75) is 0 Å². The molecule has 1 aromatic rings. The zero-order valence-electron chi connectivity index (χ0n) is 9.65. The summed E-state index contributed by atoms with van der Waals surface area (Å²) in [6, 6.07) is 5.36. The lowest BCUT2D eigenvalue weighted by Crippen LogP contribution is -2.43. The number of nitriles is 1. The summed E-state index contributed by atoms with van der Waals surface area (Å²) >= 11 is 0. The molecule has 1 N–H and O–H groups in total. The fourth-order valence-corrected chi connectivity index (χ4v) is 1.66. The number of carbonyl (C=O) groups is 1. The van der Waals surface area contributed by atoms with Gasteiger partial charge in [0.15, 0.2) is 0 Å². The average Bonchev–Trinajstić information content (AvgIpc) is 2.42. The van der Waals surface area contributed by atoms with E-state index in [-0.39, 0.29) is 11.6 Å². The average molecular weight is 249 g/mol. The molecule has 1 aliphatic heterocycles. The molecule has 0 spiro atoms. The van der Waals surface area contributed by atoms with E-state index in [1.807, 2.05) is 0 Å². The van der Waals surface area contributed by atoms with Crippen LogP contribution in [0.1, 0.15) is 5.56 Å². The van der Waals surface area contributed by atoms with Gasteiger partial charge in [-0.2, -0.15) is 5.26 Å². The Hall–Kier alpha value is -2.13. The van der Waals surface area contributed by atoms with Crippen LogP contribution in [0.5, 0.6) is 0 Å². The molecule has 0 aliphatic carbocycles. The maximum absolute atomic E-state index is 13.1. The van der Waals surface area contributed by atoms with Gasteiger partial charge in [0.2, 0.25) is 0 Å². The molecule has 0 radical (unpaired) electrons. The zero-order valence-corrected chi connectivity index (χ0v) is 9.65. The Kier molecular flexibility index (Phi) is 3.75. The molecule has 0 bridgehead atoms. The van der Waals surface area contributed by atoms with Gasteiger partial charge >= 0.3 is 6.03 Å². The first-order valence-electron chi connectivity index (χ1n) is 5.54. The standard InChI is InChI=1S/C12H12FN3O2/c13-11-2-1-10(7-9(11)8-14)15-12(17)16-3-5-18-6-4-16/h1-2,7H,3-6H2,(H,15,17). The van der Waals surface area contributed by atoms with Gasteiger partial charge in [-0.3, -0.25) is 0 Å². The van der Waals surface area contributed by atoms with Crippen LogP contribution in [0.25, 0.3) is 0 Å². The highest BCUT2D eigenvalue weighted by Gasteiger charge is 2.17. The summed E-state index contributed by atoms with van der Waals surface area (Å²) in [6.45, 7) is 2.08. The van der Waals surface area contributed by atoms with Gasteiger partial charge in [-0.15, -0.1) is 0 Å². The topological polar surface area (TPSA) is 65.4 Å². The first-order valence-corrected chi connectivity index (χ1v) is 5.54. The molecule has 6 heteroatoms. The molecule has 2 amide bonds. The smallest absolute Gasteiger partial charge is 0.322 e. The van der Waals surface area contributed by atoms with Crippen molar-refractivity contribution < 1.29 is 13.9 Å². The monoisotopic (exact) mass is 249 g/mol. The van der Waals surface area contributed by atoms with Crippen LogP contribution < -0.4 is 5.32 Å². The van der Waals surface area contributed by atoms with E-state index in [9.17, 15) is 9.18 Å². The van der Waals surface area contributed by atoms with Gasteiger partial charge in [0.1, 0.15) is 11.9 Å². The van der Waals surface area contributed by atoms with Gasteiger partial charge in [-0.1, -0.05) is 0 Å². The van der Waals surface area contributed by atoms with Crippen LogP contribution in [-0.4, -0.2) is 37.2 Å². The van der Waals surface area contributed by atoms with Crippen molar-refractivity contribution >= 4 is 11.7 Å². The van der Waals surface area contributed by atoms with Crippen LogP contribution in [0.15, 0.2) is 18.2 Å². The molecule has 1 aromatic carbocycles. The predicted octanol–water partition coefficient (Wildman–Crippen LogP) is 1.56. The van der Waals surface area contributed by atoms with Gasteiger partial charge < -0.3 is 15.0 Å². The third-order valence-electron chi connectivity index (χ3n) is 2.64. The lowest BCUT2D eigenvalue weighted by molar-refractivity contribution is 0.0564. The summed E-state index contributed by atoms with van der Waals surface area (Å²) in [5.74, 6) is -0.595. The lowest BCUT2D eigenvalue weighted by Gasteiger charge is -2.26. The summed E-state index contributed by atoms with van der Waals surface area (Å²) in [7, 11) is 0. The summed E-state index contributed by atoms with van der Waals surface area (Å²) in [4.78, 5) is 13.4. The third-order valence-corrected chi connectivity index (χ3v) is 2.64. The Bertz CT molecular complexity index is 493. The van der Waals surface area contributed by atoms with Crippen LogP contribution in [0, 0.1) is 17.1 Å². The molecule has 0 aromatic heterocycles. The minimum atomic E-state index is -0.595. The largest absolute Gasteiger partial charge is 0.378 e. The highest BCUT2D eigenvalue weighted by Crippen LogP contribution is 2.14. The van der Waals surface area contributed by atoms with Gasteiger partial charge in [0.25, 0.3) is 0 Å². The van der Waals surface area contributed by atoms with E-state index >= 15 is 0 Å². The van der Waals surface area contributed by atoms with Gasteiger partial charge in [0.05, 0.1) is 18.8 Å². The van der Waals surface area contributed by atoms with Crippen LogP contribution in [0.4, 0.5) is 14.9 Å². The number of halogens is 1. The van der Waals surface area contributed by atoms with Crippen molar-refractivity contribution in [3.8, 4) is 6.07 Å². The summed E-state index contributed by atoms with van der Waals surface area (Å²) in [5, 5.41) is 11.3. The molecule has 1 fully saturated rings. The second kappa shape index (κ2) is 5.47. The number of rotatable bonds is 1. The van der Waals surface area contributed by atoms with Crippen molar-refractivity contribution in [3.63, 3.8) is 0 Å². The van der Waals surface area contributed by atoms with Crippen molar-refractivity contribution in [3.05, 3.63) is 29.6 Å². The number of urea groups is 1. The minimum Gasteiger partial charge on any atom is -0.378 e. The second-order valence-corrected chi connectivity index (χ2v) is 3.84. The van der Waals surface area contributed by atoms with Crippen LogP contribution in [0.2, 0.25) is 0 Å². The molecule has 0 atom stereocenters. The molecule has 94 valence electrons. The Morgan fingerprint density at radius 2 is 2.17 bits per heavy atom. The lowest BCUT2D eigenvalue weighted by atomic mass is 10.2. The Morgan fingerprint density at radius 1 is 1.44 bits per heavy atom. The number of morpholine rings is 1. The molecule has 18 heavy (non-hydrogen) atoms. The van der Waals surface area contributed by atoms with E-state index in [1.165, 1.54) is 12.1 Å². The van der Waals surface area contributed by atoms with Crippen molar-refractivity contribution in [2.75, 3.05) is 31.6 Å². The third kappa shape index (κ3) is 2.76. The number of carbonyl (C=O) groups excluding carboxylic acids is 1. The fraction of sp³-hybridized carbons (Fsp3) is 0.333. The normalized spacial score (nSPS) is 15.0. The molecular weight excluding hydrogens is 237 g/mol. The maximum atomic E-state index is 13.1. The van der Waals surface area contributed by atoms with Crippen LogP contribution >= 0.6 is 0 Å². The highest BCUT2D eigenvalue weighted by atomic mass is 19.1. The number of hydrogen-bond acceptors (Lipinski definition) is 3. The van der Waals surface area contributed by atoms with E-state index in [2.05, 4.69) is 5.32 Å². The van der Waals surface area contributed by atoms with Crippen LogP contribution in [-0.2, 0) is 4.74 Å². The number of benzene rings is 1. The number of nitrogens with zero attached hydrogens (tertiary/aromatic N) is 2. The molecular formula is C12H12FN3O2. The predicted molar refractivity (Wildman–Crippen MR) is 62.5 cm³/mol. The van der Waals surface area contributed by atoms with Crippen molar-refractivity contribution in [2.24, 2.45) is 0 Å². The SMILES string of the molecule is N#Cc1cc(NC(=O)N2CCOCC2)ccc1F. The Labute approximate surface area is 104 Å². The Balaban J connectivity index is 2.05. The van der Waals surface area contributed by atoms with Gasteiger partial charge in [-0.25, -0.2) is 9.18 Å². The second-order valence-electron chi connectivity index (χ2n) is 3.84. The summed E-state index contributed by atoms with van der Waals surface area (Å²) in [5.41, 5.74) is 0.319. The summed E-state index contributed by atoms with van der Waals surface area (Å²) in [6.07, 6.45) is 0. The number of hydrogen-bond donors (Lipinski definition) is 1. The minimum absolute atomic E-state index is 0.0882. The quantitative estimate of drug-likeness (QED) is 0.821. The van der Waals surface area contributed by atoms with E-state index in [4.69, 9.17) is 10.00 Å². The molecule has 1 heterocycles. The van der Waals surface area contributed by atoms with E-state index in [0.717, 1.165) is 6.07 Å². The number of ether oxygens (including phenoxy) is 1. The van der Waals surface area contributed by atoms with Crippen molar-refractivity contribution in [1.82, 2.24) is 4.90 Å². The molecule has 2 rings (SSSR count). The number of amides is 2. The first kappa shape index (κ1) is 12.3. The van der Waals surface area contributed by atoms with Crippen molar-refractivity contribution in [1.29, 1.82) is 5.26 Å². The number of anilines is 1. The number of nitrogens with one attached hydrogen (secondary N) is 1.